The summed E-state index contributed by atoms with van der Waals surface area (Å²) in [5.41, 5.74) is 0.0758. The normalized spacial score (nSPS) is 14.6. The van der Waals surface area contributed by atoms with E-state index in [9.17, 15) is 18.8 Å². The van der Waals surface area contributed by atoms with Crippen LogP contribution in [0.4, 0.5) is 4.39 Å². The Balaban J connectivity index is 1.33. The largest absolute Gasteiger partial charge is 0.486 e. The molecule has 1 aliphatic heterocycles. The van der Waals surface area contributed by atoms with E-state index in [0.29, 0.717) is 11.5 Å². The summed E-state index contributed by atoms with van der Waals surface area (Å²) >= 11 is 0. The van der Waals surface area contributed by atoms with Crippen molar-refractivity contribution in [1.29, 1.82) is 0 Å². The number of hydrogen-bond donors (Lipinski definition) is 2. The molecule has 0 saturated heterocycles. The molecular weight excluding hydrogens is 383 g/mol. The second kappa shape index (κ2) is 9.54. The Hall–Kier alpha value is -3.62. The minimum Gasteiger partial charge on any atom is -0.486 e. The van der Waals surface area contributed by atoms with E-state index in [0.717, 1.165) is 6.07 Å². The molecule has 2 aromatic rings. The molecule has 0 radical (unpaired) electrons. The molecule has 9 heteroatoms. The minimum absolute atomic E-state index is 0.0758. The summed E-state index contributed by atoms with van der Waals surface area (Å²) in [5.74, 6) is -1.26. The van der Waals surface area contributed by atoms with Crippen LogP contribution in [0.25, 0.3) is 0 Å². The van der Waals surface area contributed by atoms with Crippen LogP contribution >= 0.6 is 0 Å². The van der Waals surface area contributed by atoms with Crippen molar-refractivity contribution in [2.24, 2.45) is 0 Å². The number of amides is 2. The molecule has 0 saturated carbocycles. The van der Waals surface area contributed by atoms with Crippen LogP contribution in [-0.4, -0.2) is 50.2 Å². The molecule has 0 unspecified atom stereocenters. The Labute approximate surface area is 165 Å². The van der Waals surface area contributed by atoms with E-state index in [-0.39, 0.29) is 24.8 Å². The number of halogens is 1. The molecule has 29 heavy (non-hydrogen) atoms. The highest BCUT2D eigenvalue weighted by atomic mass is 19.1. The molecule has 0 aromatic heterocycles. The summed E-state index contributed by atoms with van der Waals surface area (Å²) in [6.45, 7) is -0.484. The molecule has 0 aliphatic carbocycles. The third-order valence-corrected chi connectivity index (χ3v) is 3.94. The second-order valence-corrected chi connectivity index (χ2v) is 6.16. The fourth-order valence-electron chi connectivity index (χ4n) is 2.52. The van der Waals surface area contributed by atoms with E-state index in [1.54, 1.807) is 12.1 Å². The van der Waals surface area contributed by atoms with E-state index in [1.165, 1.54) is 18.2 Å². The molecule has 0 spiro atoms. The van der Waals surface area contributed by atoms with Gasteiger partial charge in [-0.2, -0.15) is 0 Å². The van der Waals surface area contributed by atoms with Gasteiger partial charge in [0.1, 0.15) is 25.1 Å². The molecule has 2 N–H and O–H groups in total. The molecule has 0 bridgehead atoms. The van der Waals surface area contributed by atoms with E-state index in [1.807, 2.05) is 12.1 Å². The summed E-state index contributed by atoms with van der Waals surface area (Å²) in [4.78, 5) is 35.3. The average Bonchev–Trinajstić information content (AvgIpc) is 2.74. The van der Waals surface area contributed by atoms with Crippen LogP contribution in [0, 0.1) is 5.82 Å². The van der Waals surface area contributed by atoms with Gasteiger partial charge in [-0.15, -0.1) is 0 Å². The van der Waals surface area contributed by atoms with Gasteiger partial charge in [0.25, 0.3) is 11.8 Å². The van der Waals surface area contributed by atoms with Gasteiger partial charge in [0.15, 0.2) is 18.1 Å². The zero-order valence-corrected chi connectivity index (χ0v) is 15.4. The van der Waals surface area contributed by atoms with Crippen LogP contribution in [0.5, 0.6) is 11.5 Å². The third-order valence-electron chi connectivity index (χ3n) is 3.94. The summed E-state index contributed by atoms with van der Waals surface area (Å²) in [6, 6.07) is 12.2. The SMILES string of the molecule is O=C(COC(=O)CNC(=O)c1cccc(F)c1)NC[C@H]1COc2ccccc2O1. The van der Waals surface area contributed by atoms with Crippen LogP contribution in [0.15, 0.2) is 48.5 Å². The maximum absolute atomic E-state index is 13.1. The summed E-state index contributed by atoms with van der Waals surface area (Å²) in [6.07, 6.45) is -0.366. The summed E-state index contributed by atoms with van der Waals surface area (Å²) in [7, 11) is 0. The number of carbonyl (C=O) groups is 3. The zero-order valence-electron chi connectivity index (χ0n) is 15.4. The number of carbonyl (C=O) groups excluding carboxylic acids is 3. The fourth-order valence-corrected chi connectivity index (χ4v) is 2.52. The first-order valence-electron chi connectivity index (χ1n) is 8.86. The lowest BCUT2D eigenvalue weighted by Crippen LogP contribution is -2.42. The van der Waals surface area contributed by atoms with Crippen molar-refractivity contribution in [2.75, 3.05) is 26.3 Å². The number of rotatable bonds is 7. The molecule has 3 rings (SSSR count). The Morgan fingerprint density at radius 3 is 2.66 bits per heavy atom. The number of hydrogen-bond acceptors (Lipinski definition) is 6. The fraction of sp³-hybridized carbons (Fsp3) is 0.250. The molecule has 2 aromatic carbocycles. The Bertz CT molecular complexity index is 904. The highest BCUT2D eigenvalue weighted by molar-refractivity contribution is 5.96. The van der Waals surface area contributed by atoms with Gasteiger partial charge in [-0.3, -0.25) is 14.4 Å². The zero-order chi connectivity index (χ0) is 20.6. The lowest BCUT2D eigenvalue weighted by molar-refractivity contribution is -0.147. The van der Waals surface area contributed by atoms with Crippen LogP contribution in [0.1, 0.15) is 10.4 Å². The molecular formula is C20H19FN2O6. The van der Waals surface area contributed by atoms with Crippen molar-refractivity contribution in [3.05, 3.63) is 59.9 Å². The van der Waals surface area contributed by atoms with Crippen molar-refractivity contribution >= 4 is 17.8 Å². The van der Waals surface area contributed by atoms with Gasteiger partial charge in [0, 0.05) is 5.56 Å². The third kappa shape index (κ3) is 5.93. The highest BCUT2D eigenvalue weighted by Crippen LogP contribution is 2.30. The monoisotopic (exact) mass is 402 g/mol. The van der Waals surface area contributed by atoms with Crippen LogP contribution in [0.2, 0.25) is 0 Å². The van der Waals surface area contributed by atoms with Crippen molar-refractivity contribution < 1.29 is 33.0 Å². The van der Waals surface area contributed by atoms with Crippen molar-refractivity contribution in [3.8, 4) is 11.5 Å². The molecule has 0 fully saturated rings. The Kier molecular flexibility index (Phi) is 6.62. The second-order valence-electron chi connectivity index (χ2n) is 6.16. The number of benzene rings is 2. The van der Waals surface area contributed by atoms with E-state index in [2.05, 4.69) is 10.6 Å². The summed E-state index contributed by atoms with van der Waals surface area (Å²) < 4.78 is 29.1. The van der Waals surface area contributed by atoms with Crippen molar-refractivity contribution in [1.82, 2.24) is 10.6 Å². The first-order valence-corrected chi connectivity index (χ1v) is 8.86. The topological polar surface area (TPSA) is 103 Å². The maximum Gasteiger partial charge on any atom is 0.325 e. The first-order chi connectivity index (χ1) is 14.0. The lowest BCUT2D eigenvalue weighted by Gasteiger charge is -2.26. The molecule has 2 amide bonds. The van der Waals surface area contributed by atoms with Crippen molar-refractivity contribution in [2.45, 2.75) is 6.10 Å². The van der Waals surface area contributed by atoms with Gasteiger partial charge in [-0.25, -0.2) is 4.39 Å². The standard InChI is InChI=1S/C20H19FN2O6/c21-14-5-3-4-13(8-14)20(26)23-10-19(25)28-12-18(24)22-9-15-11-27-16-6-1-2-7-17(16)29-15/h1-8,15H,9-12H2,(H,22,24)(H,23,26)/t15-/m0/s1. The Morgan fingerprint density at radius 1 is 1.07 bits per heavy atom. The number of esters is 1. The van der Waals surface area contributed by atoms with Gasteiger partial charge < -0.3 is 24.8 Å². The number of ether oxygens (including phenoxy) is 3. The highest BCUT2D eigenvalue weighted by Gasteiger charge is 2.21. The van der Waals surface area contributed by atoms with E-state index in [4.69, 9.17) is 14.2 Å². The van der Waals surface area contributed by atoms with Gasteiger partial charge in [-0.1, -0.05) is 18.2 Å². The molecule has 152 valence electrons. The van der Waals surface area contributed by atoms with Gasteiger partial charge in [-0.05, 0) is 30.3 Å². The van der Waals surface area contributed by atoms with Crippen LogP contribution in [0.3, 0.4) is 0 Å². The van der Waals surface area contributed by atoms with E-state index < -0.39 is 36.8 Å². The number of nitrogens with one attached hydrogen (secondary N) is 2. The van der Waals surface area contributed by atoms with Gasteiger partial charge in [0.05, 0.1) is 6.54 Å². The first kappa shape index (κ1) is 20.1. The average molecular weight is 402 g/mol. The van der Waals surface area contributed by atoms with Crippen LogP contribution in [-0.2, 0) is 14.3 Å². The Morgan fingerprint density at radius 2 is 1.86 bits per heavy atom. The molecule has 1 aliphatic rings. The van der Waals surface area contributed by atoms with Crippen LogP contribution < -0.4 is 20.1 Å². The predicted octanol–water partition coefficient (Wildman–Crippen LogP) is 1.05. The molecule has 1 atom stereocenters. The minimum atomic E-state index is -0.795. The quantitative estimate of drug-likeness (QED) is 0.672. The van der Waals surface area contributed by atoms with Crippen molar-refractivity contribution in [3.63, 3.8) is 0 Å². The van der Waals surface area contributed by atoms with Gasteiger partial charge in [0.2, 0.25) is 0 Å². The number of para-hydroxylation sites is 2. The maximum atomic E-state index is 13.1. The van der Waals surface area contributed by atoms with E-state index >= 15 is 0 Å². The van der Waals surface area contributed by atoms with Gasteiger partial charge >= 0.3 is 5.97 Å². The molecule has 8 nitrogen and oxygen atoms in total. The molecule has 1 heterocycles. The predicted molar refractivity (Wildman–Crippen MR) is 99.1 cm³/mol. The smallest absolute Gasteiger partial charge is 0.325 e. The summed E-state index contributed by atoms with van der Waals surface area (Å²) in [5, 5.41) is 4.88. The number of fused-ring (bicyclic) bond motifs is 1. The lowest BCUT2D eigenvalue weighted by atomic mass is 10.2.